The minimum absolute atomic E-state index is 0.484. The second kappa shape index (κ2) is 5.31. The summed E-state index contributed by atoms with van der Waals surface area (Å²) in [6.07, 6.45) is 7.25. The van der Waals surface area contributed by atoms with Gasteiger partial charge in [-0.25, -0.2) is 0 Å². The van der Waals surface area contributed by atoms with Gasteiger partial charge in [0.2, 0.25) is 0 Å². The van der Waals surface area contributed by atoms with E-state index in [0.717, 1.165) is 12.5 Å². The van der Waals surface area contributed by atoms with Crippen molar-refractivity contribution < 1.29 is 4.74 Å². The van der Waals surface area contributed by atoms with Crippen LogP contribution in [-0.4, -0.2) is 25.3 Å². The highest BCUT2D eigenvalue weighted by Gasteiger charge is 2.25. The van der Waals surface area contributed by atoms with Gasteiger partial charge in [-0.05, 0) is 44.1 Å². The van der Waals surface area contributed by atoms with Crippen LogP contribution < -0.4 is 5.32 Å². The minimum atomic E-state index is 0.484. The van der Waals surface area contributed by atoms with E-state index in [9.17, 15) is 0 Å². The molecule has 2 rings (SSSR count). The predicted octanol–water partition coefficient (Wildman–Crippen LogP) is 2.58. The van der Waals surface area contributed by atoms with Gasteiger partial charge in [0.25, 0.3) is 0 Å². The van der Waals surface area contributed by atoms with Gasteiger partial charge in [0.15, 0.2) is 0 Å². The molecule has 0 amide bonds. The summed E-state index contributed by atoms with van der Waals surface area (Å²) in [4.78, 5) is 0. The first-order chi connectivity index (χ1) is 7.25. The van der Waals surface area contributed by atoms with E-state index in [0.29, 0.717) is 18.1 Å². The summed E-state index contributed by atoms with van der Waals surface area (Å²) in [7, 11) is 0. The average Bonchev–Trinajstić information content (AvgIpc) is 2.16. The zero-order valence-electron chi connectivity index (χ0n) is 10.2. The van der Waals surface area contributed by atoms with E-state index >= 15 is 0 Å². The van der Waals surface area contributed by atoms with Gasteiger partial charge in [-0.1, -0.05) is 20.3 Å². The Balaban J connectivity index is 1.67. The molecule has 0 aromatic rings. The maximum atomic E-state index is 5.78. The van der Waals surface area contributed by atoms with E-state index < -0.39 is 0 Å². The van der Waals surface area contributed by atoms with Gasteiger partial charge >= 0.3 is 0 Å². The Bertz CT molecular complexity index is 189. The molecule has 0 aromatic carbocycles. The number of nitrogens with one attached hydrogen (secondary N) is 1. The van der Waals surface area contributed by atoms with Crippen molar-refractivity contribution in [1.82, 2.24) is 5.32 Å². The Morgan fingerprint density at radius 1 is 1.27 bits per heavy atom. The fraction of sp³-hybridized carbons (Fsp3) is 1.00. The van der Waals surface area contributed by atoms with Gasteiger partial charge in [0, 0.05) is 12.6 Å². The second-order valence-corrected chi connectivity index (χ2v) is 5.58. The highest BCUT2D eigenvalue weighted by atomic mass is 16.5. The molecule has 1 aliphatic carbocycles. The van der Waals surface area contributed by atoms with Crippen molar-refractivity contribution in [1.29, 1.82) is 0 Å². The van der Waals surface area contributed by atoms with Crippen LogP contribution in [0.15, 0.2) is 0 Å². The Hall–Kier alpha value is -0.0800. The number of hydrogen-bond donors (Lipinski definition) is 1. The van der Waals surface area contributed by atoms with Crippen LogP contribution in [0.4, 0.5) is 0 Å². The van der Waals surface area contributed by atoms with E-state index in [1.165, 1.54) is 38.6 Å². The number of rotatable bonds is 4. The Morgan fingerprint density at radius 2 is 2.07 bits per heavy atom. The van der Waals surface area contributed by atoms with E-state index in [-0.39, 0.29) is 0 Å². The smallest absolute Gasteiger partial charge is 0.0612 e. The zero-order valence-corrected chi connectivity index (χ0v) is 10.2. The largest absolute Gasteiger partial charge is 0.378 e. The first-order valence-electron chi connectivity index (χ1n) is 6.60. The lowest BCUT2D eigenvalue weighted by Crippen LogP contribution is -2.43. The summed E-state index contributed by atoms with van der Waals surface area (Å²) < 4.78 is 5.78. The minimum Gasteiger partial charge on any atom is -0.378 e. The summed E-state index contributed by atoms with van der Waals surface area (Å²) in [6.45, 7) is 6.72. The molecule has 1 heterocycles. The summed E-state index contributed by atoms with van der Waals surface area (Å²) >= 11 is 0. The lowest BCUT2D eigenvalue weighted by atomic mass is 9.85. The molecule has 15 heavy (non-hydrogen) atoms. The second-order valence-electron chi connectivity index (χ2n) is 5.58. The molecule has 2 heteroatoms. The fourth-order valence-electron chi connectivity index (χ4n) is 2.51. The highest BCUT2D eigenvalue weighted by molar-refractivity contribution is 4.81. The van der Waals surface area contributed by atoms with Crippen molar-refractivity contribution in [2.24, 2.45) is 11.8 Å². The molecule has 2 fully saturated rings. The van der Waals surface area contributed by atoms with Gasteiger partial charge < -0.3 is 10.1 Å². The van der Waals surface area contributed by atoms with Crippen LogP contribution in [0, 0.1) is 11.8 Å². The molecule has 0 bridgehead atoms. The van der Waals surface area contributed by atoms with Gasteiger partial charge in [-0.2, -0.15) is 0 Å². The van der Waals surface area contributed by atoms with Crippen LogP contribution >= 0.6 is 0 Å². The molecule has 1 N–H and O–H groups in total. The lowest BCUT2D eigenvalue weighted by Gasteiger charge is -2.34. The maximum absolute atomic E-state index is 5.78. The van der Waals surface area contributed by atoms with Gasteiger partial charge in [0.1, 0.15) is 0 Å². The van der Waals surface area contributed by atoms with Crippen molar-refractivity contribution in [2.45, 2.75) is 58.1 Å². The van der Waals surface area contributed by atoms with Gasteiger partial charge in [-0.3, -0.25) is 0 Å². The Morgan fingerprint density at radius 3 is 2.67 bits per heavy atom. The molecule has 0 aromatic heterocycles. The van der Waals surface area contributed by atoms with E-state index in [4.69, 9.17) is 4.74 Å². The maximum Gasteiger partial charge on any atom is 0.0612 e. The third-order valence-corrected chi connectivity index (χ3v) is 3.98. The molecule has 0 spiro atoms. The SMILES string of the molecule is CC(C)C1CC(NCC2CCC2)CCO1. The molecule has 1 saturated carbocycles. The molecule has 0 radical (unpaired) electrons. The molecule has 2 atom stereocenters. The summed E-state index contributed by atoms with van der Waals surface area (Å²) in [5, 5.41) is 3.73. The van der Waals surface area contributed by atoms with Crippen molar-refractivity contribution in [3.05, 3.63) is 0 Å². The highest BCUT2D eigenvalue weighted by Crippen LogP contribution is 2.26. The van der Waals surface area contributed by atoms with E-state index in [2.05, 4.69) is 19.2 Å². The molecule has 88 valence electrons. The molecule has 2 unspecified atom stereocenters. The Kier molecular flexibility index (Phi) is 4.04. The standard InChI is InChI=1S/C13H25NO/c1-10(2)13-8-12(6-7-15-13)14-9-11-4-3-5-11/h10-14H,3-9H2,1-2H3. The molecule has 1 aliphatic heterocycles. The molecular formula is C13H25NO. The normalized spacial score (nSPS) is 33.0. The molecular weight excluding hydrogens is 186 g/mol. The van der Waals surface area contributed by atoms with Crippen LogP contribution in [0.2, 0.25) is 0 Å². The quantitative estimate of drug-likeness (QED) is 0.771. The van der Waals surface area contributed by atoms with Gasteiger partial charge in [-0.15, -0.1) is 0 Å². The van der Waals surface area contributed by atoms with Crippen LogP contribution in [0.1, 0.15) is 46.0 Å². The first kappa shape index (κ1) is 11.4. The van der Waals surface area contributed by atoms with Crippen LogP contribution in [0.25, 0.3) is 0 Å². The zero-order chi connectivity index (χ0) is 10.7. The van der Waals surface area contributed by atoms with Crippen molar-refractivity contribution in [2.75, 3.05) is 13.2 Å². The van der Waals surface area contributed by atoms with Gasteiger partial charge in [0.05, 0.1) is 6.10 Å². The van der Waals surface area contributed by atoms with E-state index in [1.54, 1.807) is 0 Å². The van der Waals surface area contributed by atoms with Crippen LogP contribution in [0.5, 0.6) is 0 Å². The van der Waals surface area contributed by atoms with E-state index in [1.807, 2.05) is 0 Å². The number of ether oxygens (including phenoxy) is 1. The molecule has 2 nitrogen and oxygen atoms in total. The third-order valence-electron chi connectivity index (χ3n) is 3.98. The summed E-state index contributed by atoms with van der Waals surface area (Å²) in [5.74, 6) is 1.64. The monoisotopic (exact) mass is 211 g/mol. The topological polar surface area (TPSA) is 21.3 Å². The van der Waals surface area contributed by atoms with Crippen molar-refractivity contribution in [3.63, 3.8) is 0 Å². The van der Waals surface area contributed by atoms with Crippen molar-refractivity contribution in [3.8, 4) is 0 Å². The first-order valence-corrected chi connectivity index (χ1v) is 6.60. The van der Waals surface area contributed by atoms with Crippen LogP contribution in [0.3, 0.4) is 0 Å². The fourth-order valence-corrected chi connectivity index (χ4v) is 2.51. The summed E-state index contributed by atoms with van der Waals surface area (Å²) in [6, 6.07) is 0.715. The van der Waals surface area contributed by atoms with Crippen molar-refractivity contribution >= 4 is 0 Å². The third kappa shape index (κ3) is 3.18. The molecule has 2 aliphatic rings. The lowest BCUT2D eigenvalue weighted by molar-refractivity contribution is -0.0251. The summed E-state index contributed by atoms with van der Waals surface area (Å²) in [5.41, 5.74) is 0. The Labute approximate surface area is 93.8 Å². The number of hydrogen-bond acceptors (Lipinski definition) is 2. The average molecular weight is 211 g/mol. The molecule has 1 saturated heterocycles. The predicted molar refractivity (Wildman–Crippen MR) is 62.9 cm³/mol. The van der Waals surface area contributed by atoms with Crippen LogP contribution in [-0.2, 0) is 4.74 Å².